The van der Waals surface area contributed by atoms with Gasteiger partial charge in [-0.05, 0) is 61.0 Å². The first-order valence-electron chi connectivity index (χ1n) is 10.7. The molecule has 0 spiro atoms. The van der Waals surface area contributed by atoms with Crippen molar-refractivity contribution in [2.75, 3.05) is 11.9 Å². The largest absolute Gasteiger partial charge is 0.493 e. The zero-order valence-corrected chi connectivity index (χ0v) is 20.7. The van der Waals surface area contributed by atoms with Crippen LogP contribution >= 0.6 is 15.9 Å². The summed E-state index contributed by atoms with van der Waals surface area (Å²) >= 11 is 3.40. The van der Waals surface area contributed by atoms with Gasteiger partial charge in [0.15, 0.2) is 0 Å². The lowest BCUT2D eigenvalue weighted by Gasteiger charge is -2.13. The molecule has 9 heteroatoms. The van der Waals surface area contributed by atoms with E-state index in [0.717, 1.165) is 30.2 Å². The molecule has 7 nitrogen and oxygen atoms in total. The summed E-state index contributed by atoms with van der Waals surface area (Å²) in [4.78, 5) is 13.0. The fraction of sp³-hybridized carbons (Fsp3) is 0.292. The molecule has 0 fully saturated rings. The molecule has 0 bridgehead atoms. The summed E-state index contributed by atoms with van der Waals surface area (Å²) in [6.07, 6.45) is 5.79. The number of halogens is 1. The van der Waals surface area contributed by atoms with Gasteiger partial charge < -0.3 is 14.5 Å². The molecule has 2 N–H and O–H groups in total. The van der Waals surface area contributed by atoms with Crippen LogP contribution in [0.2, 0.25) is 0 Å². The summed E-state index contributed by atoms with van der Waals surface area (Å²) in [6.45, 7) is 2.74. The molecular formula is C24H27BrN2O5S. The first-order chi connectivity index (χ1) is 15.9. The smallest absolute Gasteiger partial charge is 0.259 e. The summed E-state index contributed by atoms with van der Waals surface area (Å²) < 4.78 is 39.2. The Labute approximate surface area is 202 Å². The van der Waals surface area contributed by atoms with Gasteiger partial charge in [-0.2, -0.15) is 0 Å². The molecule has 0 unspecified atom stereocenters. The van der Waals surface area contributed by atoms with E-state index < -0.39 is 10.0 Å². The van der Waals surface area contributed by atoms with E-state index >= 15 is 0 Å². The van der Waals surface area contributed by atoms with Crippen molar-refractivity contribution in [1.29, 1.82) is 0 Å². The highest BCUT2D eigenvalue weighted by molar-refractivity contribution is 9.10. The molecule has 1 heterocycles. The van der Waals surface area contributed by atoms with Crippen LogP contribution < -0.4 is 14.8 Å². The summed E-state index contributed by atoms with van der Waals surface area (Å²) in [7, 11) is -3.71. The Morgan fingerprint density at radius 2 is 1.85 bits per heavy atom. The number of amides is 1. The average molecular weight is 535 g/mol. The van der Waals surface area contributed by atoms with Crippen molar-refractivity contribution in [3.05, 3.63) is 76.7 Å². The van der Waals surface area contributed by atoms with Crippen molar-refractivity contribution in [3.63, 3.8) is 0 Å². The van der Waals surface area contributed by atoms with Gasteiger partial charge in [0.1, 0.15) is 11.5 Å². The number of benzene rings is 2. The van der Waals surface area contributed by atoms with Gasteiger partial charge in [-0.25, -0.2) is 13.1 Å². The van der Waals surface area contributed by atoms with E-state index in [1.807, 2.05) is 6.07 Å². The van der Waals surface area contributed by atoms with E-state index in [1.54, 1.807) is 36.4 Å². The number of hydrogen-bond donors (Lipinski definition) is 2. The van der Waals surface area contributed by atoms with Gasteiger partial charge in [0.25, 0.3) is 5.91 Å². The number of ether oxygens (including phenoxy) is 1. The first-order valence-corrected chi connectivity index (χ1v) is 13.0. The summed E-state index contributed by atoms with van der Waals surface area (Å²) in [5.41, 5.74) is 0.871. The molecule has 3 rings (SSSR count). The van der Waals surface area contributed by atoms with Crippen molar-refractivity contribution in [1.82, 2.24) is 4.72 Å². The fourth-order valence-corrected chi connectivity index (χ4v) is 4.45. The Morgan fingerprint density at radius 1 is 1.06 bits per heavy atom. The minimum Gasteiger partial charge on any atom is -0.493 e. The van der Waals surface area contributed by atoms with E-state index in [4.69, 9.17) is 9.15 Å². The number of rotatable bonds is 12. The van der Waals surface area contributed by atoms with Crippen molar-refractivity contribution in [2.45, 2.75) is 44.0 Å². The fourth-order valence-electron chi connectivity index (χ4n) is 3.09. The lowest BCUT2D eigenvalue weighted by atomic mass is 10.1. The quantitative estimate of drug-likeness (QED) is 0.289. The van der Waals surface area contributed by atoms with Crippen LogP contribution in [-0.2, 0) is 16.6 Å². The van der Waals surface area contributed by atoms with Crippen molar-refractivity contribution in [3.8, 4) is 5.75 Å². The minimum atomic E-state index is -3.71. The maximum Gasteiger partial charge on any atom is 0.259 e. The third kappa shape index (κ3) is 7.45. The van der Waals surface area contributed by atoms with Crippen LogP contribution in [0.25, 0.3) is 0 Å². The third-order valence-corrected chi connectivity index (χ3v) is 6.79. The second-order valence-electron chi connectivity index (χ2n) is 7.43. The standard InChI is InChI=1S/C24H27BrN2O5S/c1-2-3-4-5-14-32-23-13-8-18(25)16-22(23)24(28)27-19-9-11-21(12-10-19)33(29,30)26-17-20-7-6-15-31-20/h6-13,15-16,26H,2-5,14,17H2,1H3,(H,27,28). The predicted octanol–water partition coefficient (Wildman–Crippen LogP) is 5.73. The van der Waals surface area contributed by atoms with Crippen molar-refractivity contribution in [2.24, 2.45) is 0 Å². The van der Waals surface area contributed by atoms with Crippen LogP contribution in [0, 0.1) is 0 Å². The van der Waals surface area contributed by atoms with Crippen LogP contribution in [0.4, 0.5) is 5.69 Å². The lowest BCUT2D eigenvalue weighted by molar-refractivity contribution is 0.102. The highest BCUT2D eigenvalue weighted by atomic mass is 79.9. The Hall–Kier alpha value is -2.62. The number of nitrogens with one attached hydrogen (secondary N) is 2. The Bertz CT molecular complexity index is 1150. The predicted molar refractivity (Wildman–Crippen MR) is 131 cm³/mol. The molecule has 1 amide bonds. The number of hydrogen-bond acceptors (Lipinski definition) is 5. The second-order valence-corrected chi connectivity index (χ2v) is 10.1. The van der Waals surface area contributed by atoms with Gasteiger partial charge in [0.2, 0.25) is 10.0 Å². The lowest BCUT2D eigenvalue weighted by Crippen LogP contribution is -2.23. The SMILES string of the molecule is CCCCCCOc1ccc(Br)cc1C(=O)Nc1ccc(S(=O)(=O)NCc2ccco2)cc1. The number of carbonyl (C=O) groups is 1. The average Bonchev–Trinajstić information content (AvgIpc) is 3.33. The van der Waals surface area contributed by atoms with Crippen LogP contribution in [-0.4, -0.2) is 20.9 Å². The van der Waals surface area contributed by atoms with E-state index in [2.05, 4.69) is 32.9 Å². The van der Waals surface area contributed by atoms with Crippen LogP contribution in [0.15, 0.2) is 74.6 Å². The highest BCUT2D eigenvalue weighted by Crippen LogP contribution is 2.25. The molecule has 0 saturated heterocycles. The van der Waals surface area contributed by atoms with E-state index in [9.17, 15) is 13.2 Å². The number of anilines is 1. The molecule has 2 aromatic carbocycles. The molecule has 0 atom stereocenters. The Kier molecular flexibility index (Phi) is 9.11. The maximum atomic E-state index is 12.9. The summed E-state index contributed by atoms with van der Waals surface area (Å²) in [5, 5.41) is 2.80. The zero-order chi connectivity index (χ0) is 23.7. The molecular weight excluding hydrogens is 508 g/mol. The normalized spacial score (nSPS) is 11.3. The highest BCUT2D eigenvalue weighted by Gasteiger charge is 2.16. The summed E-state index contributed by atoms with van der Waals surface area (Å²) in [6, 6.07) is 14.6. The molecule has 176 valence electrons. The van der Waals surface area contributed by atoms with Gasteiger partial charge in [-0.1, -0.05) is 42.1 Å². The van der Waals surface area contributed by atoms with Gasteiger partial charge in [-0.15, -0.1) is 0 Å². The van der Waals surface area contributed by atoms with Crippen LogP contribution in [0.1, 0.15) is 48.7 Å². The molecule has 0 aliphatic carbocycles. The minimum absolute atomic E-state index is 0.0535. The van der Waals surface area contributed by atoms with E-state index in [0.29, 0.717) is 29.4 Å². The monoisotopic (exact) mass is 534 g/mol. The zero-order valence-electron chi connectivity index (χ0n) is 18.3. The van der Waals surface area contributed by atoms with Gasteiger partial charge in [0, 0.05) is 10.2 Å². The van der Waals surface area contributed by atoms with Gasteiger partial charge >= 0.3 is 0 Å². The maximum absolute atomic E-state index is 12.9. The third-order valence-electron chi connectivity index (χ3n) is 4.88. The molecule has 0 radical (unpaired) electrons. The first kappa shape index (κ1) is 25.0. The molecule has 0 aliphatic heterocycles. The molecule has 1 aromatic heterocycles. The Balaban J connectivity index is 1.63. The molecule has 3 aromatic rings. The molecule has 33 heavy (non-hydrogen) atoms. The van der Waals surface area contributed by atoms with Crippen molar-refractivity contribution >= 4 is 37.5 Å². The van der Waals surface area contributed by atoms with Gasteiger partial charge in [0.05, 0.1) is 29.9 Å². The number of unbranched alkanes of at least 4 members (excludes halogenated alkanes) is 3. The number of carbonyl (C=O) groups excluding carboxylic acids is 1. The van der Waals surface area contributed by atoms with E-state index in [-0.39, 0.29) is 17.3 Å². The second kappa shape index (κ2) is 12.0. The van der Waals surface area contributed by atoms with Crippen molar-refractivity contribution < 1.29 is 22.4 Å². The Morgan fingerprint density at radius 3 is 2.55 bits per heavy atom. The van der Waals surface area contributed by atoms with Crippen LogP contribution in [0.5, 0.6) is 5.75 Å². The molecule has 0 aliphatic rings. The van der Waals surface area contributed by atoms with Gasteiger partial charge in [-0.3, -0.25) is 4.79 Å². The summed E-state index contributed by atoms with van der Waals surface area (Å²) in [5.74, 6) is 0.680. The number of sulfonamides is 1. The van der Waals surface area contributed by atoms with E-state index in [1.165, 1.54) is 18.4 Å². The topological polar surface area (TPSA) is 97.6 Å². The number of furan rings is 1. The van der Waals surface area contributed by atoms with Crippen LogP contribution in [0.3, 0.4) is 0 Å². The molecule has 0 saturated carbocycles.